The van der Waals surface area contributed by atoms with Gasteiger partial charge in [0, 0.05) is 40.8 Å². The Morgan fingerprint density at radius 2 is 2.06 bits per heavy atom. The maximum atomic E-state index is 13.8. The maximum absolute atomic E-state index is 13.8. The van der Waals surface area contributed by atoms with Crippen molar-refractivity contribution in [1.82, 2.24) is 15.3 Å². The molecule has 5 nitrogen and oxygen atoms in total. The summed E-state index contributed by atoms with van der Waals surface area (Å²) in [6.07, 6.45) is 5.24. The molecule has 3 atom stereocenters. The van der Waals surface area contributed by atoms with Crippen molar-refractivity contribution in [2.45, 2.75) is 44.2 Å². The number of H-pyrrole nitrogens is 1. The Hall–Kier alpha value is -3.12. The average Bonchev–Trinajstić information content (AvgIpc) is 3.43. The third-order valence-electron chi connectivity index (χ3n) is 6.82. The lowest BCUT2D eigenvalue weighted by atomic mass is 9.97. The van der Waals surface area contributed by atoms with Gasteiger partial charge in [0.1, 0.15) is 18.5 Å². The van der Waals surface area contributed by atoms with Gasteiger partial charge in [-0.2, -0.15) is 0 Å². The van der Waals surface area contributed by atoms with Crippen molar-refractivity contribution in [3.63, 3.8) is 0 Å². The number of nitrogens with one attached hydrogen (secondary N) is 2. The molecule has 1 aliphatic heterocycles. The van der Waals surface area contributed by atoms with Crippen molar-refractivity contribution in [3.8, 4) is 11.5 Å². The van der Waals surface area contributed by atoms with E-state index in [0.29, 0.717) is 18.6 Å². The number of fused-ring (bicyclic) bond motifs is 4. The molecule has 2 aromatic heterocycles. The van der Waals surface area contributed by atoms with Gasteiger partial charge >= 0.3 is 0 Å². The zero-order valence-electron chi connectivity index (χ0n) is 18.0. The monoisotopic (exact) mass is 431 g/mol. The molecule has 3 unspecified atom stereocenters. The van der Waals surface area contributed by atoms with Crippen LogP contribution < -0.4 is 14.8 Å². The fourth-order valence-electron chi connectivity index (χ4n) is 5.18. The van der Waals surface area contributed by atoms with E-state index in [2.05, 4.69) is 21.4 Å². The third-order valence-corrected chi connectivity index (χ3v) is 6.82. The van der Waals surface area contributed by atoms with E-state index in [9.17, 15) is 4.39 Å². The molecule has 4 aromatic rings. The minimum atomic E-state index is -0.182. The largest absolute Gasteiger partial charge is 0.486 e. The van der Waals surface area contributed by atoms with Crippen molar-refractivity contribution >= 4 is 21.8 Å². The fraction of sp³-hybridized carbons (Fsp3) is 0.346. The van der Waals surface area contributed by atoms with Gasteiger partial charge in [-0.1, -0.05) is 0 Å². The van der Waals surface area contributed by atoms with Crippen LogP contribution in [0.5, 0.6) is 11.5 Å². The van der Waals surface area contributed by atoms with Crippen LogP contribution in [0.3, 0.4) is 0 Å². The minimum Gasteiger partial charge on any atom is -0.486 e. The summed E-state index contributed by atoms with van der Waals surface area (Å²) in [4.78, 5) is 7.89. The predicted octanol–water partition coefficient (Wildman–Crippen LogP) is 5.23. The van der Waals surface area contributed by atoms with Gasteiger partial charge in [0.05, 0.1) is 5.52 Å². The molecule has 1 fully saturated rings. The van der Waals surface area contributed by atoms with Crippen molar-refractivity contribution in [3.05, 3.63) is 65.7 Å². The Morgan fingerprint density at radius 3 is 3.00 bits per heavy atom. The lowest BCUT2D eigenvalue weighted by molar-refractivity contribution is 0.0902. The molecule has 2 aromatic carbocycles. The molecule has 6 rings (SSSR count). The first kappa shape index (κ1) is 19.6. The highest BCUT2D eigenvalue weighted by molar-refractivity contribution is 5.88. The standard InChI is InChI=1S/C26H26FN3O2/c1-15-2-6-20-24(30-15)8-9-25-26(20)32-19(14-31-25)12-28-18-5-3-16(10-18)22-13-29-23-7-4-17(27)11-21(22)23/h2,4,6-9,11,13,16,18-19,28-29H,3,5,10,12,14H2,1H3. The SMILES string of the molecule is Cc1ccc2c3c(ccc2n1)OCC(CNC1CCC(c2c[nH]c4ccc(F)cc24)C1)O3. The van der Waals surface area contributed by atoms with E-state index in [1.54, 1.807) is 6.07 Å². The summed E-state index contributed by atoms with van der Waals surface area (Å²) in [6.45, 7) is 3.25. The summed E-state index contributed by atoms with van der Waals surface area (Å²) >= 11 is 0. The van der Waals surface area contributed by atoms with E-state index >= 15 is 0 Å². The van der Waals surface area contributed by atoms with E-state index < -0.39 is 0 Å². The number of rotatable bonds is 4. The Bertz CT molecular complexity index is 1300. The second-order valence-electron chi connectivity index (χ2n) is 9.01. The second-order valence-corrected chi connectivity index (χ2v) is 9.01. The third kappa shape index (κ3) is 3.48. The van der Waals surface area contributed by atoms with Gasteiger partial charge in [-0.05, 0) is 80.1 Å². The van der Waals surface area contributed by atoms with Gasteiger partial charge in [-0.25, -0.2) is 4.39 Å². The lowest BCUT2D eigenvalue weighted by Gasteiger charge is -2.28. The summed E-state index contributed by atoms with van der Waals surface area (Å²) in [5.74, 6) is 1.83. The molecule has 1 aliphatic carbocycles. The molecule has 0 radical (unpaired) electrons. The number of benzene rings is 2. The zero-order chi connectivity index (χ0) is 21.7. The summed E-state index contributed by atoms with van der Waals surface area (Å²) in [6, 6.07) is 13.4. The van der Waals surface area contributed by atoms with E-state index in [4.69, 9.17) is 9.47 Å². The Kier molecular flexibility index (Phi) is 4.76. The highest BCUT2D eigenvalue weighted by atomic mass is 19.1. The topological polar surface area (TPSA) is 59.2 Å². The van der Waals surface area contributed by atoms with Crippen LogP contribution in [0.15, 0.2) is 48.7 Å². The quantitative estimate of drug-likeness (QED) is 0.465. The van der Waals surface area contributed by atoms with Crippen LogP contribution in [0.4, 0.5) is 4.39 Å². The molecule has 2 aliphatic rings. The number of aryl methyl sites for hydroxylation is 1. The Balaban J connectivity index is 1.12. The van der Waals surface area contributed by atoms with Crippen LogP contribution in [0.1, 0.15) is 36.4 Å². The van der Waals surface area contributed by atoms with Gasteiger partial charge in [0.15, 0.2) is 11.5 Å². The van der Waals surface area contributed by atoms with Gasteiger partial charge in [0.2, 0.25) is 0 Å². The molecular formula is C26H26FN3O2. The fourth-order valence-corrected chi connectivity index (χ4v) is 5.18. The van der Waals surface area contributed by atoms with E-state index in [1.807, 2.05) is 37.4 Å². The first-order chi connectivity index (χ1) is 15.6. The van der Waals surface area contributed by atoms with Crippen LogP contribution >= 0.6 is 0 Å². The number of aromatic amines is 1. The number of hydrogen-bond donors (Lipinski definition) is 2. The molecule has 0 bridgehead atoms. The summed E-state index contributed by atoms with van der Waals surface area (Å²) < 4.78 is 26.1. The molecular weight excluding hydrogens is 405 g/mol. The van der Waals surface area contributed by atoms with Crippen LogP contribution in [-0.4, -0.2) is 35.3 Å². The van der Waals surface area contributed by atoms with Gasteiger partial charge in [-0.15, -0.1) is 0 Å². The highest BCUT2D eigenvalue weighted by Crippen LogP contribution is 2.40. The minimum absolute atomic E-state index is 0.0457. The lowest BCUT2D eigenvalue weighted by Crippen LogP contribution is -2.41. The molecule has 0 spiro atoms. The van der Waals surface area contributed by atoms with Crippen molar-refractivity contribution in [2.24, 2.45) is 0 Å². The van der Waals surface area contributed by atoms with Crippen LogP contribution in [0.25, 0.3) is 21.8 Å². The van der Waals surface area contributed by atoms with E-state index in [0.717, 1.165) is 64.8 Å². The molecule has 2 N–H and O–H groups in total. The molecule has 32 heavy (non-hydrogen) atoms. The first-order valence-corrected chi connectivity index (χ1v) is 11.3. The summed E-state index contributed by atoms with van der Waals surface area (Å²) in [5, 5.41) is 5.68. The number of aromatic nitrogens is 2. The van der Waals surface area contributed by atoms with Crippen molar-refractivity contribution in [2.75, 3.05) is 13.2 Å². The average molecular weight is 432 g/mol. The first-order valence-electron chi connectivity index (χ1n) is 11.3. The highest BCUT2D eigenvalue weighted by Gasteiger charge is 2.29. The van der Waals surface area contributed by atoms with E-state index in [1.165, 1.54) is 11.6 Å². The second kappa shape index (κ2) is 7.78. The molecule has 0 saturated heterocycles. The number of hydrogen-bond acceptors (Lipinski definition) is 4. The van der Waals surface area contributed by atoms with Crippen LogP contribution in [0.2, 0.25) is 0 Å². The Morgan fingerprint density at radius 1 is 1.12 bits per heavy atom. The normalized spacial score (nSPS) is 22.6. The molecule has 164 valence electrons. The molecule has 6 heteroatoms. The Labute approximate surface area is 185 Å². The zero-order valence-corrected chi connectivity index (χ0v) is 18.0. The smallest absolute Gasteiger partial charge is 0.171 e. The van der Waals surface area contributed by atoms with Gasteiger partial charge < -0.3 is 19.8 Å². The molecule has 1 saturated carbocycles. The summed E-state index contributed by atoms with van der Waals surface area (Å²) in [5.41, 5.74) is 4.14. The predicted molar refractivity (Wildman–Crippen MR) is 123 cm³/mol. The van der Waals surface area contributed by atoms with Crippen LogP contribution in [0, 0.1) is 12.7 Å². The molecule has 3 heterocycles. The maximum Gasteiger partial charge on any atom is 0.171 e. The summed E-state index contributed by atoms with van der Waals surface area (Å²) in [7, 11) is 0. The van der Waals surface area contributed by atoms with Gasteiger partial charge in [0.25, 0.3) is 0 Å². The van der Waals surface area contributed by atoms with Crippen molar-refractivity contribution in [1.29, 1.82) is 0 Å². The van der Waals surface area contributed by atoms with Crippen LogP contribution in [-0.2, 0) is 0 Å². The molecule has 0 amide bonds. The van der Waals surface area contributed by atoms with Crippen molar-refractivity contribution < 1.29 is 13.9 Å². The number of ether oxygens (including phenoxy) is 2. The number of pyridine rings is 1. The van der Waals surface area contributed by atoms with Gasteiger partial charge in [-0.3, -0.25) is 4.98 Å². The number of halogens is 1. The number of nitrogens with zero attached hydrogens (tertiary/aromatic N) is 1. The van der Waals surface area contributed by atoms with E-state index in [-0.39, 0.29) is 11.9 Å².